The van der Waals surface area contributed by atoms with Crippen LogP contribution in [0.25, 0.3) is 11.3 Å². The first-order chi connectivity index (χ1) is 12.1. The maximum absolute atomic E-state index is 12.5. The second kappa shape index (κ2) is 6.08. The third-order valence-corrected chi connectivity index (χ3v) is 4.35. The van der Waals surface area contributed by atoms with Crippen LogP contribution in [-0.4, -0.2) is 39.2 Å². The van der Waals surface area contributed by atoms with Crippen LogP contribution in [0.5, 0.6) is 5.75 Å². The lowest BCUT2D eigenvalue weighted by Crippen LogP contribution is -2.27. The summed E-state index contributed by atoms with van der Waals surface area (Å²) in [5.41, 5.74) is 2.71. The minimum absolute atomic E-state index is 0.212. The summed E-state index contributed by atoms with van der Waals surface area (Å²) in [6.07, 6.45) is 4.44. The topological polar surface area (TPSA) is 73.4 Å². The van der Waals surface area contributed by atoms with Crippen LogP contribution in [0.3, 0.4) is 0 Å². The zero-order valence-electron chi connectivity index (χ0n) is 14.1. The lowest BCUT2D eigenvalue weighted by molar-refractivity contribution is 0.0739. The first kappa shape index (κ1) is 15.4. The number of amides is 1. The third-order valence-electron chi connectivity index (χ3n) is 4.35. The molecule has 0 aliphatic carbocycles. The van der Waals surface area contributed by atoms with E-state index in [0.29, 0.717) is 18.8 Å². The molecule has 1 aromatic carbocycles. The summed E-state index contributed by atoms with van der Waals surface area (Å²) in [6.45, 7) is 1.11. The van der Waals surface area contributed by atoms with Gasteiger partial charge in [-0.3, -0.25) is 4.79 Å². The second-order valence-electron chi connectivity index (χ2n) is 6.11. The van der Waals surface area contributed by atoms with E-state index in [1.807, 2.05) is 36.0 Å². The monoisotopic (exact) mass is 338 g/mol. The van der Waals surface area contributed by atoms with Crippen molar-refractivity contribution >= 4 is 5.91 Å². The Morgan fingerprint density at radius 3 is 3.04 bits per heavy atom. The molecule has 4 rings (SSSR count). The molecule has 0 N–H and O–H groups in total. The molecule has 1 aliphatic rings. The van der Waals surface area contributed by atoms with Gasteiger partial charge in [-0.05, 0) is 23.8 Å². The van der Waals surface area contributed by atoms with Crippen molar-refractivity contribution in [2.45, 2.75) is 13.0 Å². The molecule has 1 aliphatic heterocycles. The molecule has 0 saturated heterocycles. The molecule has 128 valence electrons. The van der Waals surface area contributed by atoms with Crippen molar-refractivity contribution in [2.24, 2.45) is 7.05 Å². The van der Waals surface area contributed by atoms with Crippen LogP contribution in [0.15, 0.2) is 41.2 Å². The Hall–Kier alpha value is -3.09. The van der Waals surface area contributed by atoms with Crippen molar-refractivity contribution in [1.82, 2.24) is 19.6 Å². The number of hydrogen-bond donors (Lipinski definition) is 0. The summed E-state index contributed by atoms with van der Waals surface area (Å²) in [7, 11) is 3.61. The van der Waals surface area contributed by atoms with Gasteiger partial charge in [-0.1, -0.05) is 5.16 Å². The van der Waals surface area contributed by atoms with Crippen LogP contribution in [0.1, 0.15) is 21.9 Å². The molecule has 3 heterocycles. The van der Waals surface area contributed by atoms with E-state index < -0.39 is 0 Å². The van der Waals surface area contributed by atoms with Gasteiger partial charge in [-0.25, -0.2) is 4.98 Å². The van der Waals surface area contributed by atoms with Crippen molar-refractivity contribution in [3.63, 3.8) is 0 Å². The van der Waals surface area contributed by atoms with E-state index in [9.17, 15) is 4.79 Å². The molecule has 0 fully saturated rings. The summed E-state index contributed by atoms with van der Waals surface area (Å²) in [6, 6.07) is 7.57. The summed E-state index contributed by atoms with van der Waals surface area (Å²) < 4.78 is 12.7. The Labute approximate surface area is 144 Å². The highest BCUT2D eigenvalue weighted by molar-refractivity contribution is 5.92. The van der Waals surface area contributed by atoms with Crippen molar-refractivity contribution < 1.29 is 14.1 Å². The van der Waals surface area contributed by atoms with Gasteiger partial charge in [0, 0.05) is 44.5 Å². The number of carbonyl (C=O) groups is 1. The van der Waals surface area contributed by atoms with Gasteiger partial charge in [0.15, 0.2) is 0 Å². The van der Waals surface area contributed by atoms with Crippen LogP contribution in [-0.2, 0) is 20.0 Å². The molecule has 1 amide bonds. The van der Waals surface area contributed by atoms with Crippen LogP contribution >= 0.6 is 0 Å². The fourth-order valence-corrected chi connectivity index (χ4v) is 2.88. The molecule has 0 spiro atoms. The number of nitrogens with zero attached hydrogens (tertiary/aromatic N) is 4. The molecular formula is C18H18N4O3. The number of hydrogen-bond acceptors (Lipinski definition) is 5. The number of ether oxygens (including phenoxy) is 1. The molecule has 0 unspecified atom stereocenters. The minimum atomic E-state index is -0.230. The van der Waals surface area contributed by atoms with Crippen LogP contribution < -0.4 is 4.74 Å². The lowest BCUT2D eigenvalue weighted by Gasteiger charge is -2.14. The highest BCUT2D eigenvalue weighted by Crippen LogP contribution is 2.30. The Morgan fingerprint density at radius 1 is 1.36 bits per heavy atom. The van der Waals surface area contributed by atoms with Crippen molar-refractivity contribution in [2.75, 3.05) is 13.7 Å². The van der Waals surface area contributed by atoms with Gasteiger partial charge < -0.3 is 18.7 Å². The van der Waals surface area contributed by atoms with Crippen LogP contribution in [0.2, 0.25) is 0 Å². The van der Waals surface area contributed by atoms with Gasteiger partial charge >= 0.3 is 0 Å². The molecule has 0 radical (unpaired) electrons. The predicted molar refractivity (Wildman–Crippen MR) is 90.1 cm³/mol. The Morgan fingerprint density at radius 2 is 2.24 bits per heavy atom. The van der Waals surface area contributed by atoms with E-state index in [2.05, 4.69) is 10.1 Å². The van der Waals surface area contributed by atoms with Gasteiger partial charge in [-0.2, -0.15) is 0 Å². The zero-order chi connectivity index (χ0) is 17.4. The summed E-state index contributed by atoms with van der Waals surface area (Å²) in [5, 5.41) is 4.05. The fourth-order valence-electron chi connectivity index (χ4n) is 2.88. The molecule has 2 aromatic heterocycles. The van der Waals surface area contributed by atoms with E-state index in [4.69, 9.17) is 9.26 Å². The number of benzene rings is 1. The number of aromatic nitrogens is 3. The van der Waals surface area contributed by atoms with E-state index in [-0.39, 0.29) is 11.7 Å². The van der Waals surface area contributed by atoms with Crippen molar-refractivity contribution in [1.29, 1.82) is 0 Å². The minimum Gasteiger partial charge on any atom is -0.493 e. The molecule has 7 heteroatoms. The zero-order valence-corrected chi connectivity index (χ0v) is 14.1. The smallest absolute Gasteiger partial charge is 0.292 e. The third kappa shape index (κ3) is 2.88. The van der Waals surface area contributed by atoms with Crippen LogP contribution in [0, 0.1) is 0 Å². The highest BCUT2D eigenvalue weighted by Gasteiger charge is 2.20. The largest absolute Gasteiger partial charge is 0.493 e. The molecule has 7 nitrogen and oxygen atoms in total. The molecule has 0 saturated carbocycles. The molecule has 3 aromatic rings. The fraction of sp³-hybridized carbons (Fsp3) is 0.278. The van der Waals surface area contributed by atoms with Gasteiger partial charge in [0.1, 0.15) is 17.3 Å². The highest BCUT2D eigenvalue weighted by atomic mass is 16.5. The molecule has 0 atom stereocenters. The maximum atomic E-state index is 12.5. The summed E-state index contributed by atoms with van der Waals surface area (Å²) in [4.78, 5) is 18.3. The molecule has 0 bridgehead atoms. The molecule has 25 heavy (non-hydrogen) atoms. The van der Waals surface area contributed by atoms with E-state index in [1.54, 1.807) is 24.2 Å². The number of aryl methyl sites for hydroxylation is 1. The normalized spacial score (nSPS) is 12.7. The number of imidazole rings is 1. The number of rotatable bonds is 4. The number of carbonyl (C=O) groups excluding carboxylic acids is 1. The quantitative estimate of drug-likeness (QED) is 0.730. The number of fused-ring (bicyclic) bond motifs is 1. The van der Waals surface area contributed by atoms with Gasteiger partial charge in [0.2, 0.25) is 5.76 Å². The summed E-state index contributed by atoms with van der Waals surface area (Å²) in [5.74, 6) is 1.70. The predicted octanol–water partition coefficient (Wildman–Crippen LogP) is 2.28. The molecular weight excluding hydrogens is 320 g/mol. The van der Waals surface area contributed by atoms with Crippen molar-refractivity contribution in [3.8, 4) is 17.0 Å². The Bertz CT molecular complexity index is 928. The Kier molecular flexibility index (Phi) is 3.76. The van der Waals surface area contributed by atoms with Crippen LogP contribution in [0.4, 0.5) is 0 Å². The first-order valence-electron chi connectivity index (χ1n) is 8.06. The van der Waals surface area contributed by atoms with Gasteiger partial charge in [-0.15, -0.1) is 0 Å². The van der Waals surface area contributed by atoms with E-state index >= 15 is 0 Å². The van der Waals surface area contributed by atoms with Crippen molar-refractivity contribution in [3.05, 3.63) is 53.8 Å². The van der Waals surface area contributed by atoms with E-state index in [0.717, 1.165) is 29.1 Å². The van der Waals surface area contributed by atoms with Gasteiger partial charge in [0.25, 0.3) is 5.91 Å². The lowest BCUT2D eigenvalue weighted by atomic mass is 10.1. The summed E-state index contributed by atoms with van der Waals surface area (Å²) >= 11 is 0. The SMILES string of the molecule is CN(Cc1nccn1C)C(=O)c1cc(-c2ccc3c(c2)CCO3)no1. The average Bonchev–Trinajstić information content (AvgIpc) is 3.34. The van der Waals surface area contributed by atoms with Gasteiger partial charge in [0.05, 0.1) is 13.2 Å². The Balaban J connectivity index is 1.52. The maximum Gasteiger partial charge on any atom is 0.292 e. The standard InChI is InChI=1S/C18H18N4O3/c1-21-7-6-19-17(21)11-22(2)18(23)16-10-14(20-25-16)12-3-4-15-13(9-12)5-8-24-15/h3-4,6-7,9-10H,5,8,11H2,1-2H3. The van der Waals surface area contributed by atoms with E-state index in [1.165, 1.54) is 0 Å². The first-order valence-corrected chi connectivity index (χ1v) is 8.06. The second-order valence-corrected chi connectivity index (χ2v) is 6.11. The average molecular weight is 338 g/mol.